The molecule has 0 aromatic carbocycles. The molecule has 428 valence electrons. The van der Waals surface area contributed by atoms with Gasteiger partial charge in [-0.2, -0.15) is 5.10 Å². The summed E-state index contributed by atoms with van der Waals surface area (Å²) in [6.45, 7) is 10.0. The van der Waals surface area contributed by atoms with Gasteiger partial charge in [0.1, 0.15) is 24.8 Å². The number of aliphatic hydroxyl groups excluding tert-OH is 1. The normalized spacial score (nSPS) is 23.3. The Kier molecular flexibility index (Phi) is 29.6. The zero-order valence-electron chi connectivity index (χ0n) is 45.1. The molecule has 26 nitrogen and oxygen atoms in total. The Hall–Kier alpha value is -7.13. The SMILES string of the molecule is COCCOCCCNC(=O)C(CC(=O)O)NC(=O)C(CC(=O)N/N=C(/C)CCC(=O)OCCNC1=C2CC(C)CC(OC)C(O)C(C)/C=C(\C)C(OC(N)=O)C(OC)/C=C\C=C(/C)C(=O)NC(=CC1=O)C2=O)NC(C)=O. The van der Waals surface area contributed by atoms with Crippen molar-refractivity contribution in [1.82, 2.24) is 32.0 Å². The number of rotatable bonds is 26. The second kappa shape index (κ2) is 34.5. The minimum absolute atomic E-state index is 0.00156. The zero-order chi connectivity index (χ0) is 57.8. The van der Waals surface area contributed by atoms with Crippen LogP contribution in [0.25, 0.3) is 0 Å². The molecular weight excluding hydrogens is 1010 g/mol. The van der Waals surface area contributed by atoms with Crippen LogP contribution in [0, 0.1) is 11.8 Å². The van der Waals surface area contributed by atoms with E-state index >= 15 is 0 Å². The molecule has 0 saturated heterocycles. The van der Waals surface area contributed by atoms with E-state index in [9.17, 15) is 58.2 Å². The van der Waals surface area contributed by atoms with Crippen LogP contribution in [-0.4, -0.2) is 172 Å². The van der Waals surface area contributed by atoms with Gasteiger partial charge in [0.15, 0.2) is 6.10 Å². The fourth-order valence-electron chi connectivity index (χ4n) is 7.78. The maximum atomic E-state index is 14.1. The van der Waals surface area contributed by atoms with Crippen LogP contribution in [0.2, 0.25) is 0 Å². The fourth-order valence-corrected chi connectivity index (χ4v) is 7.78. The van der Waals surface area contributed by atoms with Crippen LogP contribution in [0.5, 0.6) is 0 Å². The van der Waals surface area contributed by atoms with Crippen molar-refractivity contribution in [3.8, 4) is 0 Å². The standard InChI is InChI=1S/C51H76N8O18/c1-28-22-34-44(38(61)25-35(46(34)67)56-48(68)29(2)12-10-13-39(73-8)47(77-51(52)71)31(4)24-30(3)45(66)40(23-28)74-9)53-17-19-76-43(65)15-14-32(5)58-59-41(62)26-36(55-33(6)60)50(70)57-37(27-42(63)64)49(69)54-16-11-18-75-21-20-72-7/h10,12-13,24-25,28,30,36-37,39-40,45,47,53,66H,11,14-23,26-27H2,1-9H3,(H2,52,71)(H,54,69)(H,55,60)(H,56,68)(H,57,70)(H,59,62)(H,63,64)/b13-10-,29-12+,31-24+,58-32-. The van der Waals surface area contributed by atoms with E-state index in [1.807, 2.05) is 0 Å². The number of amides is 6. The number of fused-ring (bicyclic) bond motifs is 2. The Morgan fingerprint density at radius 1 is 0.896 bits per heavy atom. The molecule has 77 heavy (non-hydrogen) atoms. The number of carboxylic acid groups (broad SMARTS) is 1. The van der Waals surface area contributed by atoms with Gasteiger partial charge in [-0.05, 0) is 57.9 Å². The smallest absolute Gasteiger partial charge is 0.405 e. The number of carbonyl (C=O) groups excluding carboxylic acids is 9. The van der Waals surface area contributed by atoms with Gasteiger partial charge in [-0.3, -0.25) is 43.2 Å². The van der Waals surface area contributed by atoms with E-state index in [0.717, 1.165) is 13.0 Å². The summed E-state index contributed by atoms with van der Waals surface area (Å²) in [5, 5.41) is 37.3. The van der Waals surface area contributed by atoms with Gasteiger partial charge in [-0.1, -0.05) is 38.2 Å². The lowest BCUT2D eigenvalue weighted by atomic mass is 9.85. The highest BCUT2D eigenvalue weighted by Crippen LogP contribution is 2.29. The number of carboxylic acids is 1. The first-order chi connectivity index (χ1) is 36.4. The lowest BCUT2D eigenvalue weighted by molar-refractivity contribution is -0.143. The van der Waals surface area contributed by atoms with Crippen molar-refractivity contribution in [3.05, 3.63) is 58.5 Å². The number of esters is 1. The van der Waals surface area contributed by atoms with E-state index in [1.165, 1.54) is 53.4 Å². The van der Waals surface area contributed by atoms with E-state index in [-0.39, 0.29) is 80.2 Å². The zero-order valence-corrected chi connectivity index (χ0v) is 45.1. The summed E-state index contributed by atoms with van der Waals surface area (Å²) < 4.78 is 32.2. The van der Waals surface area contributed by atoms with E-state index in [2.05, 4.69) is 37.1 Å². The molecule has 8 unspecified atom stereocenters. The number of carbonyl (C=O) groups is 10. The molecule has 0 aromatic heterocycles. The van der Waals surface area contributed by atoms with E-state index < -0.39 is 120 Å². The second-order valence-corrected chi connectivity index (χ2v) is 18.3. The molecule has 8 atom stereocenters. The summed E-state index contributed by atoms with van der Waals surface area (Å²) in [7, 11) is 4.33. The van der Waals surface area contributed by atoms with Gasteiger partial charge in [-0.25, -0.2) is 10.2 Å². The molecule has 0 spiro atoms. The Morgan fingerprint density at radius 2 is 1.60 bits per heavy atom. The minimum Gasteiger partial charge on any atom is -0.481 e. The van der Waals surface area contributed by atoms with E-state index in [0.29, 0.717) is 25.2 Å². The number of hydrazone groups is 1. The third kappa shape index (κ3) is 24.2. The number of hydrogen-bond acceptors (Lipinski definition) is 19. The van der Waals surface area contributed by atoms with Crippen LogP contribution in [0.1, 0.15) is 86.5 Å². The van der Waals surface area contributed by atoms with Crippen LogP contribution in [-0.2, 0) is 71.6 Å². The number of nitrogens with zero attached hydrogens (tertiary/aromatic N) is 1. The molecule has 1 aliphatic carbocycles. The first-order valence-corrected chi connectivity index (χ1v) is 24.9. The number of ether oxygens (including phenoxy) is 6. The Bertz CT molecular complexity index is 2310. The molecule has 10 N–H and O–H groups in total. The van der Waals surface area contributed by atoms with Crippen LogP contribution in [0.15, 0.2) is 63.6 Å². The van der Waals surface area contributed by atoms with Crippen molar-refractivity contribution in [2.45, 2.75) is 123 Å². The predicted molar refractivity (Wildman–Crippen MR) is 276 cm³/mol. The molecule has 1 aliphatic heterocycles. The highest BCUT2D eigenvalue weighted by Gasteiger charge is 2.34. The summed E-state index contributed by atoms with van der Waals surface area (Å²) in [4.78, 5) is 128. The lowest BCUT2D eigenvalue weighted by Crippen LogP contribution is -2.55. The average Bonchev–Trinajstić information content (AvgIpc) is 3.36. The predicted octanol–water partition coefficient (Wildman–Crippen LogP) is 0.191. The fraction of sp³-hybridized carbons (Fsp3) is 0.588. The Labute approximate surface area is 447 Å². The Balaban J connectivity index is 2.14. The average molecular weight is 1090 g/mol. The molecule has 2 rings (SSSR count). The second-order valence-electron chi connectivity index (χ2n) is 18.3. The quantitative estimate of drug-likeness (QED) is 0.0139. The van der Waals surface area contributed by atoms with Gasteiger partial charge in [0.2, 0.25) is 35.2 Å². The van der Waals surface area contributed by atoms with Gasteiger partial charge in [0.05, 0.1) is 56.1 Å². The third-order valence-electron chi connectivity index (χ3n) is 11.8. The number of nitrogens with two attached hydrogens (primary N) is 1. The monoisotopic (exact) mass is 1090 g/mol. The van der Waals surface area contributed by atoms with Crippen molar-refractivity contribution in [2.24, 2.45) is 22.7 Å². The maximum Gasteiger partial charge on any atom is 0.405 e. The summed E-state index contributed by atoms with van der Waals surface area (Å²) in [6, 6.07) is -3.07. The number of aliphatic hydroxyl groups is 1. The number of methoxy groups -OCH3 is 3. The highest BCUT2D eigenvalue weighted by molar-refractivity contribution is 6.23. The molecule has 6 amide bonds. The van der Waals surface area contributed by atoms with E-state index in [1.54, 1.807) is 26.8 Å². The van der Waals surface area contributed by atoms with Crippen molar-refractivity contribution >= 4 is 64.8 Å². The maximum absolute atomic E-state index is 14.1. The number of Topliss-reactive ketones (excluding diaryl/α,β-unsaturated/α-hetero) is 1. The molecule has 2 bridgehead atoms. The molecule has 0 radical (unpaired) electrons. The summed E-state index contributed by atoms with van der Waals surface area (Å²) in [6.07, 6.45) is 1.26. The molecule has 0 saturated carbocycles. The van der Waals surface area contributed by atoms with Gasteiger partial charge in [0.25, 0.3) is 5.91 Å². The largest absolute Gasteiger partial charge is 0.481 e. The lowest BCUT2D eigenvalue weighted by Gasteiger charge is -2.30. The summed E-state index contributed by atoms with van der Waals surface area (Å²) in [5.41, 5.74) is 8.20. The van der Waals surface area contributed by atoms with Crippen molar-refractivity contribution in [3.63, 3.8) is 0 Å². The first kappa shape index (κ1) is 66.0. The topological polar surface area (TPSA) is 377 Å². The van der Waals surface area contributed by atoms with E-state index in [4.69, 9.17) is 34.2 Å². The number of aliphatic carboxylic acids is 1. The van der Waals surface area contributed by atoms with Crippen LogP contribution in [0.3, 0.4) is 0 Å². The number of hydrogen-bond donors (Lipinski definition) is 9. The summed E-state index contributed by atoms with van der Waals surface area (Å²) >= 11 is 0. The highest BCUT2D eigenvalue weighted by atomic mass is 16.6. The minimum atomic E-state index is -1.54. The first-order valence-electron chi connectivity index (χ1n) is 24.9. The molecular formula is C51H76N8O18. The number of nitrogens with one attached hydrogen (secondary N) is 6. The molecule has 1 heterocycles. The third-order valence-corrected chi connectivity index (χ3v) is 11.8. The van der Waals surface area contributed by atoms with Crippen molar-refractivity contribution in [1.29, 1.82) is 0 Å². The molecule has 2 aliphatic rings. The molecule has 26 heteroatoms. The Morgan fingerprint density at radius 3 is 2.23 bits per heavy atom. The van der Waals surface area contributed by atoms with Crippen LogP contribution in [0.4, 0.5) is 4.79 Å². The summed E-state index contributed by atoms with van der Waals surface area (Å²) in [5.74, 6) is -8.38. The van der Waals surface area contributed by atoms with Crippen LogP contribution >= 0.6 is 0 Å². The molecule has 0 aromatic rings. The van der Waals surface area contributed by atoms with Gasteiger partial charge in [0, 0.05) is 76.8 Å². The number of primary amides is 1. The van der Waals surface area contributed by atoms with Crippen molar-refractivity contribution in [2.75, 3.05) is 60.8 Å². The van der Waals surface area contributed by atoms with Gasteiger partial charge in [-0.15, -0.1) is 0 Å². The molecule has 0 fully saturated rings. The van der Waals surface area contributed by atoms with Gasteiger partial charge < -0.3 is 71.0 Å². The van der Waals surface area contributed by atoms with Crippen LogP contribution < -0.4 is 37.7 Å². The van der Waals surface area contributed by atoms with Crippen molar-refractivity contribution < 1.29 is 86.6 Å². The number of ketones is 2. The number of allylic oxidation sites excluding steroid dienone is 4. The van der Waals surface area contributed by atoms with Gasteiger partial charge >= 0.3 is 18.0 Å².